The summed E-state index contributed by atoms with van der Waals surface area (Å²) in [5, 5.41) is 7.29. The zero-order chi connectivity index (χ0) is 20.0. The van der Waals surface area contributed by atoms with E-state index < -0.39 is 15.1 Å². The van der Waals surface area contributed by atoms with Gasteiger partial charge >= 0.3 is 0 Å². The molecule has 0 fully saturated rings. The SMILES string of the molecule is O=S(=O)(Cc1cn(-c2ccc(F)cc2)nn1)C1c2ccccc2-c2ccccc21. The van der Waals surface area contributed by atoms with Gasteiger partial charge in [0, 0.05) is 0 Å². The predicted molar refractivity (Wildman–Crippen MR) is 108 cm³/mol. The molecule has 1 heterocycles. The number of halogens is 1. The normalized spacial score (nSPS) is 13.3. The highest BCUT2D eigenvalue weighted by atomic mass is 32.2. The molecule has 29 heavy (non-hydrogen) atoms. The zero-order valence-corrected chi connectivity index (χ0v) is 16.1. The van der Waals surface area contributed by atoms with Crippen LogP contribution in [0.3, 0.4) is 0 Å². The second-order valence-corrected chi connectivity index (χ2v) is 9.08. The summed E-state index contributed by atoms with van der Waals surface area (Å²) in [7, 11) is -3.59. The number of hydrogen-bond donors (Lipinski definition) is 0. The molecular weight excluding hydrogens is 389 g/mol. The van der Waals surface area contributed by atoms with Crippen LogP contribution >= 0.6 is 0 Å². The molecule has 1 aliphatic carbocycles. The molecule has 0 bridgehead atoms. The van der Waals surface area contributed by atoms with Gasteiger partial charge in [0.25, 0.3) is 0 Å². The average molecular weight is 405 g/mol. The van der Waals surface area contributed by atoms with Gasteiger partial charge in [-0.05, 0) is 46.5 Å². The number of aromatic nitrogens is 3. The second kappa shape index (κ2) is 6.63. The first-order chi connectivity index (χ1) is 14.0. The molecule has 5 nitrogen and oxygen atoms in total. The Balaban J connectivity index is 1.50. The number of nitrogens with zero attached hydrogens (tertiary/aromatic N) is 3. The topological polar surface area (TPSA) is 64.8 Å². The molecule has 5 rings (SSSR count). The van der Waals surface area contributed by atoms with Gasteiger partial charge in [-0.2, -0.15) is 0 Å². The van der Waals surface area contributed by atoms with E-state index in [0.29, 0.717) is 11.4 Å². The van der Waals surface area contributed by atoms with Crippen LogP contribution in [0.2, 0.25) is 0 Å². The molecule has 0 unspecified atom stereocenters. The Morgan fingerprint density at radius 1 is 0.862 bits per heavy atom. The molecule has 0 spiro atoms. The molecule has 144 valence electrons. The molecule has 1 aromatic heterocycles. The largest absolute Gasteiger partial charge is 0.227 e. The van der Waals surface area contributed by atoms with Gasteiger partial charge in [0.05, 0.1) is 23.3 Å². The maximum absolute atomic E-state index is 13.4. The number of rotatable bonds is 4. The van der Waals surface area contributed by atoms with Crippen LogP contribution in [-0.4, -0.2) is 23.4 Å². The maximum atomic E-state index is 13.4. The van der Waals surface area contributed by atoms with Crippen molar-refractivity contribution >= 4 is 9.84 Å². The van der Waals surface area contributed by atoms with Crippen molar-refractivity contribution in [1.82, 2.24) is 15.0 Å². The highest BCUT2D eigenvalue weighted by Gasteiger charge is 2.38. The molecule has 0 saturated carbocycles. The van der Waals surface area contributed by atoms with Crippen LogP contribution in [0.25, 0.3) is 16.8 Å². The average Bonchev–Trinajstić information content (AvgIpc) is 3.31. The van der Waals surface area contributed by atoms with Crippen molar-refractivity contribution in [3.05, 3.63) is 102 Å². The van der Waals surface area contributed by atoms with E-state index in [-0.39, 0.29) is 11.6 Å². The lowest BCUT2D eigenvalue weighted by molar-refractivity contribution is 0.588. The zero-order valence-electron chi connectivity index (χ0n) is 15.2. The third-order valence-corrected chi connectivity index (χ3v) is 7.04. The van der Waals surface area contributed by atoms with Gasteiger partial charge in [0.2, 0.25) is 0 Å². The molecule has 3 aromatic carbocycles. The van der Waals surface area contributed by atoms with E-state index in [1.54, 1.807) is 18.3 Å². The molecule has 0 aliphatic heterocycles. The number of sulfone groups is 1. The van der Waals surface area contributed by atoms with E-state index in [0.717, 1.165) is 22.3 Å². The van der Waals surface area contributed by atoms with Crippen LogP contribution < -0.4 is 0 Å². The minimum atomic E-state index is -3.59. The van der Waals surface area contributed by atoms with E-state index >= 15 is 0 Å². The monoisotopic (exact) mass is 405 g/mol. The number of hydrogen-bond acceptors (Lipinski definition) is 4. The Morgan fingerprint density at radius 3 is 2.07 bits per heavy atom. The fourth-order valence-corrected chi connectivity index (χ4v) is 5.77. The van der Waals surface area contributed by atoms with Gasteiger partial charge in [0.15, 0.2) is 9.84 Å². The van der Waals surface area contributed by atoms with Crippen LogP contribution in [0.5, 0.6) is 0 Å². The van der Waals surface area contributed by atoms with E-state index in [1.807, 2.05) is 48.5 Å². The number of fused-ring (bicyclic) bond motifs is 3. The molecule has 0 atom stereocenters. The first kappa shape index (κ1) is 17.8. The summed E-state index contributed by atoms with van der Waals surface area (Å²) in [5.74, 6) is -0.586. The Bertz CT molecular complexity index is 1270. The highest BCUT2D eigenvalue weighted by molar-refractivity contribution is 7.91. The van der Waals surface area contributed by atoms with Crippen LogP contribution in [0.4, 0.5) is 4.39 Å². The third kappa shape index (κ3) is 3.03. The summed E-state index contributed by atoms with van der Waals surface area (Å²) < 4.78 is 41.3. The van der Waals surface area contributed by atoms with Crippen molar-refractivity contribution in [3.8, 4) is 16.8 Å². The Kier molecular flexibility index (Phi) is 4.06. The van der Waals surface area contributed by atoms with Gasteiger partial charge in [0.1, 0.15) is 11.1 Å². The van der Waals surface area contributed by atoms with Crippen LogP contribution in [0.1, 0.15) is 22.1 Å². The van der Waals surface area contributed by atoms with E-state index in [4.69, 9.17) is 0 Å². The second-order valence-electron chi connectivity index (χ2n) is 6.99. The lowest BCUT2D eigenvalue weighted by atomic mass is 10.1. The van der Waals surface area contributed by atoms with Crippen molar-refractivity contribution < 1.29 is 12.8 Å². The van der Waals surface area contributed by atoms with Crippen molar-refractivity contribution in [2.75, 3.05) is 0 Å². The van der Waals surface area contributed by atoms with E-state index in [2.05, 4.69) is 10.3 Å². The van der Waals surface area contributed by atoms with Crippen molar-refractivity contribution in [3.63, 3.8) is 0 Å². The molecule has 0 saturated heterocycles. The molecule has 0 radical (unpaired) electrons. The quantitative estimate of drug-likeness (QED) is 0.513. The van der Waals surface area contributed by atoms with Gasteiger partial charge in [-0.25, -0.2) is 17.5 Å². The van der Waals surface area contributed by atoms with Gasteiger partial charge in [-0.3, -0.25) is 0 Å². The molecule has 4 aromatic rings. The maximum Gasteiger partial charge on any atom is 0.167 e. The first-order valence-electron chi connectivity index (χ1n) is 9.10. The van der Waals surface area contributed by atoms with Crippen LogP contribution in [0.15, 0.2) is 79.0 Å². The number of benzene rings is 3. The summed E-state index contributed by atoms with van der Waals surface area (Å²) >= 11 is 0. The fraction of sp³-hybridized carbons (Fsp3) is 0.0909. The summed E-state index contributed by atoms with van der Waals surface area (Å²) in [6.45, 7) is 0. The van der Waals surface area contributed by atoms with Gasteiger partial charge in [-0.1, -0.05) is 53.7 Å². The van der Waals surface area contributed by atoms with Gasteiger partial charge < -0.3 is 0 Å². The molecule has 0 N–H and O–H groups in total. The first-order valence-corrected chi connectivity index (χ1v) is 10.8. The molecular formula is C22H16FN3O2S. The predicted octanol–water partition coefficient (Wildman–Crippen LogP) is 4.09. The summed E-state index contributed by atoms with van der Waals surface area (Å²) in [4.78, 5) is 0. The lowest BCUT2D eigenvalue weighted by Crippen LogP contribution is -2.15. The van der Waals surface area contributed by atoms with Crippen LogP contribution in [0, 0.1) is 5.82 Å². The standard InChI is InChI=1S/C22H16FN3O2S/c23-15-9-11-17(12-10-15)26-13-16(24-25-26)14-29(27,28)22-20-7-3-1-5-18(20)19-6-2-4-8-21(19)22/h1-13,22H,14H2. The molecule has 0 amide bonds. The molecule has 1 aliphatic rings. The summed E-state index contributed by atoms with van der Waals surface area (Å²) in [6, 6.07) is 21.0. The third-order valence-electron chi connectivity index (χ3n) is 5.12. The van der Waals surface area contributed by atoms with Gasteiger partial charge in [-0.15, -0.1) is 5.10 Å². The Morgan fingerprint density at radius 2 is 1.45 bits per heavy atom. The smallest absolute Gasteiger partial charge is 0.167 e. The fourth-order valence-electron chi connectivity index (χ4n) is 3.87. The van der Waals surface area contributed by atoms with E-state index in [1.165, 1.54) is 16.8 Å². The van der Waals surface area contributed by atoms with Crippen molar-refractivity contribution in [2.24, 2.45) is 0 Å². The Labute approximate surface area is 167 Å². The highest BCUT2D eigenvalue weighted by Crippen LogP contribution is 2.47. The lowest BCUT2D eigenvalue weighted by Gasteiger charge is -2.14. The van der Waals surface area contributed by atoms with E-state index in [9.17, 15) is 12.8 Å². The Hall–Kier alpha value is -3.32. The summed E-state index contributed by atoms with van der Waals surface area (Å²) in [5.41, 5.74) is 4.44. The summed E-state index contributed by atoms with van der Waals surface area (Å²) in [6.07, 6.45) is 1.57. The minimum Gasteiger partial charge on any atom is -0.227 e. The molecule has 7 heteroatoms. The van der Waals surface area contributed by atoms with Crippen LogP contribution in [-0.2, 0) is 15.6 Å². The van der Waals surface area contributed by atoms with Crippen molar-refractivity contribution in [1.29, 1.82) is 0 Å². The van der Waals surface area contributed by atoms with Crippen molar-refractivity contribution in [2.45, 2.75) is 11.0 Å². The minimum absolute atomic E-state index is 0.235.